The summed E-state index contributed by atoms with van der Waals surface area (Å²) in [7, 11) is 0. The molecule has 7 heteroatoms. The van der Waals surface area contributed by atoms with Gasteiger partial charge in [-0.3, -0.25) is 0 Å². The maximum Gasteiger partial charge on any atom is 0.419 e. The number of hydrogen-bond acceptors (Lipinski definition) is 2. The Bertz CT molecular complexity index is 590. The second kappa shape index (κ2) is 4.97. The van der Waals surface area contributed by atoms with E-state index in [9.17, 15) is 13.2 Å². The molecule has 1 aromatic carbocycles. The Morgan fingerprint density at radius 3 is 2.53 bits per heavy atom. The number of benzene rings is 1. The third kappa shape index (κ3) is 2.98. The van der Waals surface area contributed by atoms with Crippen LogP contribution >= 0.6 is 15.9 Å². The lowest BCUT2D eigenvalue weighted by Gasteiger charge is -2.10. The van der Waals surface area contributed by atoms with Gasteiger partial charge in [0.2, 0.25) is 0 Å². The summed E-state index contributed by atoms with van der Waals surface area (Å²) in [4.78, 5) is 0. The first-order valence-electron chi connectivity index (χ1n) is 5.46. The predicted octanol–water partition coefficient (Wildman–Crippen LogP) is 3.67. The molecule has 0 radical (unpaired) electrons. The Kier molecular flexibility index (Phi) is 3.69. The fraction of sp³-hybridized carbons (Fsp3) is 0.250. The second-order valence-electron chi connectivity index (χ2n) is 4.17. The van der Waals surface area contributed by atoms with Crippen LogP contribution in [0.25, 0.3) is 5.69 Å². The quantitative estimate of drug-likeness (QED) is 0.911. The molecule has 0 aliphatic heterocycles. The predicted molar refractivity (Wildman–Crippen MR) is 68.9 cm³/mol. The number of hydrogen-bond donors (Lipinski definition) is 1. The van der Waals surface area contributed by atoms with Crippen LogP contribution in [0.5, 0.6) is 0 Å². The average molecular weight is 334 g/mol. The van der Waals surface area contributed by atoms with Crippen LogP contribution in [0.1, 0.15) is 24.1 Å². The van der Waals surface area contributed by atoms with Crippen molar-refractivity contribution in [1.29, 1.82) is 0 Å². The van der Waals surface area contributed by atoms with Crippen LogP contribution in [-0.2, 0) is 6.18 Å². The van der Waals surface area contributed by atoms with Crippen molar-refractivity contribution in [3.05, 3.63) is 46.2 Å². The Morgan fingerprint density at radius 1 is 1.37 bits per heavy atom. The van der Waals surface area contributed by atoms with Crippen molar-refractivity contribution in [2.24, 2.45) is 5.73 Å². The van der Waals surface area contributed by atoms with Gasteiger partial charge in [0.25, 0.3) is 0 Å². The van der Waals surface area contributed by atoms with Gasteiger partial charge in [-0.25, -0.2) is 4.68 Å². The van der Waals surface area contributed by atoms with Crippen LogP contribution in [0, 0.1) is 0 Å². The van der Waals surface area contributed by atoms with Gasteiger partial charge in [-0.2, -0.15) is 18.3 Å². The lowest BCUT2D eigenvalue weighted by Crippen LogP contribution is -2.06. The maximum atomic E-state index is 12.5. The summed E-state index contributed by atoms with van der Waals surface area (Å²) < 4.78 is 39.4. The number of aromatic nitrogens is 2. The van der Waals surface area contributed by atoms with E-state index in [-0.39, 0.29) is 6.04 Å². The highest BCUT2D eigenvalue weighted by Gasteiger charge is 2.32. The minimum Gasteiger partial charge on any atom is -0.324 e. The third-order valence-corrected chi connectivity index (χ3v) is 3.34. The van der Waals surface area contributed by atoms with Gasteiger partial charge < -0.3 is 5.73 Å². The zero-order valence-corrected chi connectivity index (χ0v) is 11.5. The van der Waals surface area contributed by atoms with E-state index in [0.29, 0.717) is 5.69 Å². The van der Waals surface area contributed by atoms with Crippen LogP contribution in [0.15, 0.2) is 35.1 Å². The highest BCUT2D eigenvalue weighted by Crippen LogP contribution is 2.30. The van der Waals surface area contributed by atoms with Crippen molar-refractivity contribution in [2.45, 2.75) is 19.1 Å². The molecule has 0 aliphatic rings. The molecule has 0 saturated carbocycles. The van der Waals surface area contributed by atoms with Crippen molar-refractivity contribution < 1.29 is 13.2 Å². The van der Waals surface area contributed by atoms with Crippen molar-refractivity contribution >= 4 is 15.9 Å². The minimum atomic E-state index is -4.39. The number of rotatable bonds is 2. The molecule has 1 atom stereocenters. The molecular formula is C12H11BrF3N3. The summed E-state index contributed by atoms with van der Waals surface area (Å²) in [6.45, 7) is 1.83. The number of nitrogens with two attached hydrogens (primary N) is 1. The van der Waals surface area contributed by atoms with E-state index in [1.807, 2.05) is 6.92 Å². The summed E-state index contributed by atoms with van der Waals surface area (Å²) in [6.07, 6.45) is -2.64. The normalized spacial score (nSPS) is 13.6. The molecule has 0 bridgehead atoms. The molecule has 19 heavy (non-hydrogen) atoms. The van der Waals surface area contributed by atoms with E-state index >= 15 is 0 Å². The standard InChI is InChI=1S/C12H11BrF3N3/c1-7(17)10-3-2-9(4-11(10)13)19-6-8(5-18-19)12(14,15)16/h2-7H,17H2,1H3/t7-/m0/s1. The van der Waals surface area contributed by atoms with Crippen LogP contribution < -0.4 is 5.73 Å². The highest BCUT2D eigenvalue weighted by molar-refractivity contribution is 9.10. The number of nitrogens with zero attached hydrogens (tertiary/aromatic N) is 2. The van der Waals surface area contributed by atoms with Crippen LogP contribution in [0.4, 0.5) is 13.2 Å². The largest absolute Gasteiger partial charge is 0.419 e. The van der Waals surface area contributed by atoms with Gasteiger partial charge in [-0.1, -0.05) is 22.0 Å². The SMILES string of the molecule is C[C@H](N)c1ccc(-n2cc(C(F)(F)F)cn2)cc1Br. The fourth-order valence-electron chi connectivity index (χ4n) is 1.64. The number of alkyl halides is 3. The molecule has 2 N–H and O–H groups in total. The van der Waals surface area contributed by atoms with E-state index in [1.165, 1.54) is 4.68 Å². The molecule has 1 aromatic heterocycles. The second-order valence-corrected chi connectivity index (χ2v) is 5.02. The molecule has 0 amide bonds. The van der Waals surface area contributed by atoms with Gasteiger partial charge in [0.1, 0.15) is 0 Å². The molecule has 102 valence electrons. The monoisotopic (exact) mass is 333 g/mol. The first-order chi connectivity index (χ1) is 8.79. The fourth-order valence-corrected chi connectivity index (χ4v) is 2.37. The van der Waals surface area contributed by atoms with E-state index in [1.54, 1.807) is 18.2 Å². The van der Waals surface area contributed by atoms with Gasteiger partial charge in [0.15, 0.2) is 0 Å². The zero-order valence-electron chi connectivity index (χ0n) is 9.95. The summed E-state index contributed by atoms with van der Waals surface area (Å²) in [6, 6.07) is 4.97. The van der Waals surface area contributed by atoms with Gasteiger partial charge in [0.05, 0.1) is 17.4 Å². The topological polar surface area (TPSA) is 43.8 Å². The molecular weight excluding hydrogens is 323 g/mol. The molecule has 0 unspecified atom stereocenters. The average Bonchev–Trinajstić information content (AvgIpc) is 2.76. The summed E-state index contributed by atoms with van der Waals surface area (Å²) in [5.74, 6) is 0. The summed E-state index contributed by atoms with van der Waals surface area (Å²) in [5, 5.41) is 3.71. The van der Waals surface area contributed by atoms with Crippen molar-refractivity contribution in [2.75, 3.05) is 0 Å². The molecule has 0 fully saturated rings. The molecule has 2 rings (SSSR count). The van der Waals surface area contributed by atoms with Crippen molar-refractivity contribution in [3.63, 3.8) is 0 Å². The summed E-state index contributed by atoms with van der Waals surface area (Å²) >= 11 is 3.35. The van der Waals surface area contributed by atoms with E-state index in [2.05, 4.69) is 21.0 Å². The molecule has 3 nitrogen and oxygen atoms in total. The lowest BCUT2D eigenvalue weighted by molar-refractivity contribution is -0.137. The lowest BCUT2D eigenvalue weighted by atomic mass is 10.1. The van der Waals surface area contributed by atoms with Crippen molar-refractivity contribution in [1.82, 2.24) is 9.78 Å². The molecule has 2 aromatic rings. The first-order valence-corrected chi connectivity index (χ1v) is 6.25. The van der Waals surface area contributed by atoms with Crippen LogP contribution in [-0.4, -0.2) is 9.78 Å². The molecule has 0 saturated heterocycles. The first kappa shape index (κ1) is 14.1. The number of halogens is 4. The van der Waals surface area contributed by atoms with Gasteiger partial charge in [0, 0.05) is 16.7 Å². The minimum absolute atomic E-state index is 0.160. The van der Waals surface area contributed by atoms with E-state index < -0.39 is 11.7 Å². The Labute approximate surface area is 116 Å². The summed E-state index contributed by atoms with van der Waals surface area (Å²) in [5.41, 5.74) is 6.40. The van der Waals surface area contributed by atoms with Crippen molar-refractivity contribution in [3.8, 4) is 5.69 Å². The molecule has 0 aliphatic carbocycles. The smallest absolute Gasteiger partial charge is 0.324 e. The zero-order chi connectivity index (χ0) is 14.2. The van der Waals surface area contributed by atoms with Gasteiger partial charge in [-0.15, -0.1) is 0 Å². The Morgan fingerprint density at radius 2 is 2.05 bits per heavy atom. The highest BCUT2D eigenvalue weighted by atomic mass is 79.9. The van der Waals surface area contributed by atoms with Gasteiger partial charge in [-0.05, 0) is 24.6 Å². The van der Waals surface area contributed by atoms with E-state index in [0.717, 1.165) is 22.4 Å². The van der Waals surface area contributed by atoms with Gasteiger partial charge >= 0.3 is 6.18 Å². The third-order valence-electron chi connectivity index (χ3n) is 2.65. The molecule has 1 heterocycles. The van der Waals surface area contributed by atoms with Crippen LogP contribution in [0.3, 0.4) is 0 Å². The molecule has 0 spiro atoms. The Hall–Kier alpha value is -1.34. The maximum absolute atomic E-state index is 12.5. The Balaban J connectivity index is 2.38. The van der Waals surface area contributed by atoms with E-state index in [4.69, 9.17) is 5.73 Å². The van der Waals surface area contributed by atoms with Crippen LogP contribution in [0.2, 0.25) is 0 Å².